The minimum Gasteiger partial charge on any atom is -0.460 e. The summed E-state index contributed by atoms with van der Waals surface area (Å²) in [6, 6.07) is 8.09. The van der Waals surface area contributed by atoms with Gasteiger partial charge < -0.3 is 10.2 Å². The summed E-state index contributed by atoms with van der Waals surface area (Å²) >= 11 is 3.61. The van der Waals surface area contributed by atoms with E-state index >= 15 is 0 Å². The maximum absolute atomic E-state index is 6.08. The van der Waals surface area contributed by atoms with Crippen molar-refractivity contribution in [2.75, 3.05) is 0 Å². The lowest BCUT2D eigenvalue weighted by molar-refractivity contribution is 0.505. The summed E-state index contributed by atoms with van der Waals surface area (Å²) in [6.07, 6.45) is 4.26. The van der Waals surface area contributed by atoms with Crippen LogP contribution in [-0.4, -0.2) is 5.54 Å². The smallest absolute Gasteiger partial charge is 0.135 e. The van der Waals surface area contributed by atoms with Crippen LogP contribution in [0.1, 0.15) is 25.0 Å². The van der Waals surface area contributed by atoms with Crippen LogP contribution >= 0.6 is 15.9 Å². The monoisotopic (exact) mass is 279 g/mol. The maximum atomic E-state index is 6.08. The fourth-order valence-corrected chi connectivity index (χ4v) is 2.61. The molecule has 1 aromatic carbocycles. The van der Waals surface area contributed by atoms with E-state index < -0.39 is 0 Å². The molecule has 1 aliphatic carbocycles. The topological polar surface area (TPSA) is 39.2 Å². The van der Waals surface area contributed by atoms with E-state index in [0.717, 1.165) is 46.9 Å². The van der Waals surface area contributed by atoms with Gasteiger partial charge in [0.25, 0.3) is 0 Å². The largest absolute Gasteiger partial charge is 0.460 e. The summed E-state index contributed by atoms with van der Waals surface area (Å²) in [5.74, 6) is 1.03. The van der Waals surface area contributed by atoms with Crippen LogP contribution in [-0.2, 0) is 6.42 Å². The standard InChI is InChI=1S/C13H14BrNO/c14-12-9-3-1-2-4-10(9)16-11(12)5-6-13(15)7-8-13/h1-4H,5-8,15H2. The number of hydrogen-bond donors (Lipinski definition) is 1. The van der Waals surface area contributed by atoms with Crippen LogP contribution < -0.4 is 5.73 Å². The van der Waals surface area contributed by atoms with Gasteiger partial charge in [-0.25, -0.2) is 0 Å². The molecule has 0 saturated heterocycles. The molecule has 2 N–H and O–H groups in total. The molecule has 0 amide bonds. The molecule has 1 saturated carbocycles. The molecule has 84 valence electrons. The van der Waals surface area contributed by atoms with E-state index in [2.05, 4.69) is 22.0 Å². The molecule has 0 atom stereocenters. The van der Waals surface area contributed by atoms with Crippen molar-refractivity contribution in [2.45, 2.75) is 31.2 Å². The number of rotatable bonds is 3. The van der Waals surface area contributed by atoms with Crippen molar-refractivity contribution >= 4 is 26.9 Å². The highest BCUT2D eigenvalue weighted by Crippen LogP contribution is 2.38. The van der Waals surface area contributed by atoms with Crippen molar-refractivity contribution < 1.29 is 4.42 Å². The Labute approximate surface area is 103 Å². The minimum absolute atomic E-state index is 0.0956. The van der Waals surface area contributed by atoms with Crippen LogP contribution in [0.25, 0.3) is 11.0 Å². The Hall–Kier alpha value is -0.800. The zero-order valence-corrected chi connectivity index (χ0v) is 10.6. The van der Waals surface area contributed by atoms with Crippen LogP contribution in [0.5, 0.6) is 0 Å². The summed E-state index contributed by atoms with van der Waals surface area (Å²) in [4.78, 5) is 0. The molecule has 16 heavy (non-hydrogen) atoms. The number of furan rings is 1. The number of nitrogens with two attached hydrogens (primary N) is 1. The van der Waals surface area contributed by atoms with E-state index in [9.17, 15) is 0 Å². The van der Waals surface area contributed by atoms with Gasteiger partial charge in [-0.1, -0.05) is 12.1 Å². The second-order valence-electron chi connectivity index (χ2n) is 4.70. The molecule has 2 nitrogen and oxygen atoms in total. The van der Waals surface area contributed by atoms with E-state index in [-0.39, 0.29) is 5.54 Å². The first-order valence-corrected chi connectivity index (χ1v) is 6.42. The average molecular weight is 280 g/mol. The van der Waals surface area contributed by atoms with Gasteiger partial charge in [0.05, 0.1) is 4.47 Å². The first-order chi connectivity index (χ1) is 7.68. The molecule has 1 heterocycles. The number of benzene rings is 1. The summed E-state index contributed by atoms with van der Waals surface area (Å²) < 4.78 is 6.91. The summed E-state index contributed by atoms with van der Waals surface area (Å²) in [6.45, 7) is 0. The molecule has 1 aromatic heterocycles. The van der Waals surface area contributed by atoms with Crippen LogP contribution in [0.3, 0.4) is 0 Å². The molecular weight excluding hydrogens is 266 g/mol. The van der Waals surface area contributed by atoms with Gasteiger partial charge in [0.1, 0.15) is 11.3 Å². The van der Waals surface area contributed by atoms with Gasteiger partial charge in [-0.3, -0.25) is 0 Å². The predicted molar refractivity (Wildman–Crippen MR) is 68.4 cm³/mol. The fourth-order valence-electron chi connectivity index (χ4n) is 2.00. The van der Waals surface area contributed by atoms with Gasteiger partial charge in [0.2, 0.25) is 0 Å². The quantitative estimate of drug-likeness (QED) is 0.932. The Bertz CT molecular complexity index is 528. The van der Waals surface area contributed by atoms with Crippen molar-refractivity contribution in [3.05, 3.63) is 34.5 Å². The van der Waals surface area contributed by atoms with Gasteiger partial charge in [-0.05, 0) is 47.3 Å². The Balaban J connectivity index is 1.88. The molecular formula is C13H14BrNO. The van der Waals surface area contributed by atoms with Crippen molar-refractivity contribution in [1.29, 1.82) is 0 Å². The average Bonchev–Trinajstić information content (AvgIpc) is 2.94. The van der Waals surface area contributed by atoms with E-state index in [1.165, 1.54) is 0 Å². The third-order valence-electron chi connectivity index (χ3n) is 3.34. The van der Waals surface area contributed by atoms with Crippen molar-refractivity contribution in [2.24, 2.45) is 5.73 Å². The zero-order chi connectivity index (χ0) is 11.2. The highest BCUT2D eigenvalue weighted by atomic mass is 79.9. The number of fused-ring (bicyclic) bond motifs is 1. The van der Waals surface area contributed by atoms with E-state index in [1.807, 2.05) is 18.2 Å². The molecule has 0 spiro atoms. The first kappa shape index (κ1) is 10.4. The fraction of sp³-hybridized carbons (Fsp3) is 0.385. The molecule has 0 aliphatic heterocycles. The van der Waals surface area contributed by atoms with E-state index in [4.69, 9.17) is 10.2 Å². The van der Waals surface area contributed by atoms with E-state index in [1.54, 1.807) is 0 Å². The number of para-hydroxylation sites is 1. The summed E-state index contributed by atoms with van der Waals surface area (Å²) in [5.41, 5.74) is 7.13. The molecule has 0 unspecified atom stereocenters. The molecule has 1 aliphatic rings. The maximum Gasteiger partial charge on any atom is 0.135 e. The number of hydrogen-bond acceptors (Lipinski definition) is 2. The normalized spacial score (nSPS) is 17.9. The highest BCUT2D eigenvalue weighted by molar-refractivity contribution is 9.10. The summed E-state index contributed by atoms with van der Waals surface area (Å²) in [5, 5.41) is 1.15. The van der Waals surface area contributed by atoms with Gasteiger partial charge >= 0.3 is 0 Å². The van der Waals surface area contributed by atoms with Crippen LogP contribution in [0.15, 0.2) is 33.2 Å². The van der Waals surface area contributed by atoms with Gasteiger partial charge in [0, 0.05) is 17.3 Å². The lowest BCUT2D eigenvalue weighted by Gasteiger charge is -2.05. The van der Waals surface area contributed by atoms with Crippen LogP contribution in [0.2, 0.25) is 0 Å². The lowest BCUT2D eigenvalue weighted by Crippen LogP contribution is -2.21. The third-order valence-corrected chi connectivity index (χ3v) is 4.21. The lowest BCUT2D eigenvalue weighted by atomic mass is 10.1. The predicted octanol–water partition coefficient (Wildman–Crippen LogP) is 3.62. The minimum atomic E-state index is 0.0956. The summed E-state index contributed by atoms with van der Waals surface area (Å²) in [7, 11) is 0. The van der Waals surface area contributed by atoms with Crippen molar-refractivity contribution in [1.82, 2.24) is 0 Å². The second kappa shape index (κ2) is 3.60. The Kier molecular flexibility index (Phi) is 2.33. The Morgan fingerprint density at radius 2 is 2.06 bits per heavy atom. The molecule has 1 fully saturated rings. The third kappa shape index (κ3) is 1.78. The van der Waals surface area contributed by atoms with Gasteiger partial charge in [-0.15, -0.1) is 0 Å². The van der Waals surface area contributed by atoms with Gasteiger partial charge in [-0.2, -0.15) is 0 Å². The molecule has 3 rings (SSSR count). The van der Waals surface area contributed by atoms with Crippen LogP contribution in [0, 0.1) is 0 Å². The first-order valence-electron chi connectivity index (χ1n) is 5.63. The molecule has 3 heteroatoms. The Morgan fingerprint density at radius 3 is 2.75 bits per heavy atom. The second-order valence-corrected chi connectivity index (χ2v) is 5.49. The SMILES string of the molecule is NC1(CCc2oc3ccccc3c2Br)CC1. The number of halogens is 1. The molecule has 0 radical (unpaired) electrons. The Morgan fingerprint density at radius 1 is 1.31 bits per heavy atom. The van der Waals surface area contributed by atoms with Crippen molar-refractivity contribution in [3.8, 4) is 0 Å². The molecule has 0 bridgehead atoms. The molecule has 2 aromatic rings. The van der Waals surface area contributed by atoms with E-state index in [0.29, 0.717) is 0 Å². The van der Waals surface area contributed by atoms with Gasteiger partial charge in [0.15, 0.2) is 0 Å². The van der Waals surface area contributed by atoms with Crippen molar-refractivity contribution in [3.63, 3.8) is 0 Å². The highest BCUT2D eigenvalue weighted by Gasteiger charge is 2.37. The zero-order valence-electron chi connectivity index (χ0n) is 9.00. The van der Waals surface area contributed by atoms with Crippen LogP contribution in [0.4, 0.5) is 0 Å². The number of aryl methyl sites for hydroxylation is 1.